The van der Waals surface area contributed by atoms with Gasteiger partial charge in [0, 0.05) is 39.1 Å². The monoisotopic (exact) mass is 483 g/mol. The molecule has 1 N–H and O–H groups in total. The Morgan fingerprint density at radius 1 is 1.19 bits per heavy atom. The fourth-order valence-corrected chi connectivity index (χ4v) is 9.17. The van der Waals surface area contributed by atoms with E-state index in [4.69, 9.17) is 11.6 Å². The first-order chi connectivity index (χ1) is 15.6. The molecule has 5 atom stereocenters. The van der Waals surface area contributed by atoms with Crippen molar-refractivity contribution in [3.63, 3.8) is 0 Å². The second kappa shape index (κ2) is 8.04. The summed E-state index contributed by atoms with van der Waals surface area (Å²) in [5.41, 5.74) is 1.86. The third kappa shape index (κ3) is 3.42. The van der Waals surface area contributed by atoms with Crippen LogP contribution >= 0.6 is 34.7 Å². The number of benzene rings is 1. The van der Waals surface area contributed by atoms with E-state index in [0.29, 0.717) is 27.8 Å². The van der Waals surface area contributed by atoms with Crippen molar-refractivity contribution in [3.05, 3.63) is 73.9 Å². The Bertz CT molecular complexity index is 1220. The van der Waals surface area contributed by atoms with Crippen LogP contribution in [0.15, 0.2) is 58.6 Å². The molecule has 0 spiro atoms. The van der Waals surface area contributed by atoms with Gasteiger partial charge in [-0.3, -0.25) is 19.1 Å². The predicted molar refractivity (Wildman–Crippen MR) is 129 cm³/mol. The molecule has 3 heterocycles. The Labute approximate surface area is 199 Å². The van der Waals surface area contributed by atoms with Gasteiger partial charge in [0.2, 0.25) is 5.91 Å². The van der Waals surface area contributed by atoms with E-state index in [0.717, 1.165) is 15.8 Å². The Morgan fingerprint density at radius 3 is 2.78 bits per heavy atom. The number of nitrogens with one attached hydrogen (secondary N) is 1. The lowest BCUT2D eigenvalue weighted by Crippen LogP contribution is -2.34. The van der Waals surface area contributed by atoms with Crippen LogP contribution in [0.3, 0.4) is 0 Å². The first-order valence-corrected chi connectivity index (χ1v) is 13.0. The highest BCUT2D eigenvalue weighted by Crippen LogP contribution is 2.63. The topological polar surface area (TPSA) is 64.0 Å². The fourth-order valence-electron chi connectivity index (χ4n) is 5.90. The van der Waals surface area contributed by atoms with Gasteiger partial charge in [-0.2, -0.15) is 0 Å². The van der Waals surface area contributed by atoms with Crippen molar-refractivity contribution in [2.45, 2.75) is 42.0 Å². The van der Waals surface area contributed by atoms with Crippen LogP contribution < -0.4 is 10.2 Å². The zero-order chi connectivity index (χ0) is 21.8. The van der Waals surface area contributed by atoms with Gasteiger partial charge >= 0.3 is 4.87 Å². The Morgan fingerprint density at radius 2 is 2.00 bits per heavy atom. The second-order valence-corrected chi connectivity index (χ2v) is 11.5. The molecule has 2 fully saturated rings. The van der Waals surface area contributed by atoms with Crippen LogP contribution in [0.25, 0.3) is 0 Å². The molecule has 1 amide bonds. The number of amides is 1. The molecular weight excluding hydrogens is 462 g/mol. The van der Waals surface area contributed by atoms with Crippen LogP contribution in [0.5, 0.6) is 0 Å². The SMILES string of the molecule is O=C(Cn1c2c(sc1=O)[C@H](c1cccnc1)C1C3CCC(C3)C1S2)Nc1ccc(Cl)cc1. The lowest BCUT2D eigenvalue weighted by molar-refractivity contribution is -0.116. The summed E-state index contributed by atoms with van der Waals surface area (Å²) >= 11 is 9.08. The highest BCUT2D eigenvalue weighted by Gasteiger charge is 2.55. The summed E-state index contributed by atoms with van der Waals surface area (Å²) in [7, 11) is 0. The van der Waals surface area contributed by atoms with Gasteiger partial charge in [-0.25, -0.2) is 0 Å². The van der Waals surface area contributed by atoms with Crippen molar-refractivity contribution in [1.29, 1.82) is 0 Å². The number of halogens is 1. The van der Waals surface area contributed by atoms with Gasteiger partial charge in [0.05, 0.1) is 5.03 Å². The molecule has 4 unspecified atom stereocenters. The summed E-state index contributed by atoms with van der Waals surface area (Å²) in [6, 6.07) is 11.1. The second-order valence-electron chi connectivity index (χ2n) is 8.94. The lowest BCUT2D eigenvalue weighted by atomic mass is 9.75. The molecule has 6 rings (SSSR count). The van der Waals surface area contributed by atoms with E-state index in [2.05, 4.69) is 16.4 Å². The average Bonchev–Trinajstić information content (AvgIpc) is 3.49. The fraction of sp³-hybridized carbons (Fsp3) is 0.375. The maximum absolute atomic E-state index is 13.1. The summed E-state index contributed by atoms with van der Waals surface area (Å²) in [4.78, 5) is 31.3. The zero-order valence-corrected chi connectivity index (χ0v) is 19.6. The number of aromatic nitrogens is 2. The summed E-state index contributed by atoms with van der Waals surface area (Å²) in [5.74, 6) is 1.95. The van der Waals surface area contributed by atoms with Crippen molar-refractivity contribution < 1.29 is 4.79 Å². The molecule has 0 saturated heterocycles. The van der Waals surface area contributed by atoms with E-state index in [9.17, 15) is 9.59 Å². The van der Waals surface area contributed by atoms with E-state index in [1.807, 2.05) is 24.0 Å². The maximum Gasteiger partial charge on any atom is 0.308 e. The number of carbonyl (C=O) groups excluding carboxylic acids is 1. The number of hydrogen-bond donors (Lipinski definition) is 1. The minimum absolute atomic E-state index is 0.0194. The highest BCUT2D eigenvalue weighted by molar-refractivity contribution is 8.00. The summed E-state index contributed by atoms with van der Waals surface area (Å²) in [6.07, 6.45) is 7.61. The number of rotatable bonds is 4. The number of thioether (sulfide) groups is 1. The smallest absolute Gasteiger partial charge is 0.308 e. The summed E-state index contributed by atoms with van der Waals surface area (Å²) in [5, 5.41) is 4.99. The molecular formula is C24H22ClN3O2S2. The molecule has 164 valence electrons. The molecule has 2 aromatic heterocycles. The van der Waals surface area contributed by atoms with Crippen LogP contribution in [0.2, 0.25) is 5.02 Å². The van der Waals surface area contributed by atoms with Crippen LogP contribution in [0.1, 0.15) is 35.6 Å². The van der Waals surface area contributed by atoms with Gasteiger partial charge in [0.25, 0.3) is 0 Å². The Kier molecular flexibility index (Phi) is 5.16. The van der Waals surface area contributed by atoms with Crippen molar-refractivity contribution in [1.82, 2.24) is 9.55 Å². The van der Waals surface area contributed by atoms with E-state index in [-0.39, 0.29) is 23.2 Å². The van der Waals surface area contributed by atoms with Gasteiger partial charge in [-0.15, -0.1) is 11.8 Å². The molecule has 5 nitrogen and oxygen atoms in total. The van der Waals surface area contributed by atoms with Crippen molar-refractivity contribution in [3.8, 4) is 0 Å². The van der Waals surface area contributed by atoms with Gasteiger partial charge in [-0.05, 0) is 72.9 Å². The molecule has 2 aliphatic carbocycles. The quantitative estimate of drug-likeness (QED) is 0.550. The van der Waals surface area contributed by atoms with Crippen molar-refractivity contribution in [2.75, 3.05) is 5.32 Å². The number of pyridine rings is 1. The van der Waals surface area contributed by atoms with Crippen LogP contribution in [-0.4, -0.2) is 20.7 Å². The first kappa shape index (κ1) is 20.5. The van der Waals surface area contributed by atoms with Crippen molar-refractivity contribution >= 4 is 46.3 Å². The zero-order valence-electron chi connectivity index (χ0n) is 17.2. The largest absolute Gasteiger partial charge is 0.325 e. The number of fused-ring (bicyclic) bond motifs is 6. The molecule has 8 heteroatoms. The molecule has 3 aromatic rings. The van der Waals surface area contributed by atoms with E-state index in [1.54, 1.807) is 35.0 Å². The number of thiazole rings is 1. The third-order valence-electron chi connectivity index (χ3n) is 7.16. The lowest BCUT2D eigenvalue weighted by Gasteiger charge is -2.40. The molecule has 1 aliphatic heterocycles. The summed E-state index contributed by atoms with van der Waals surface area (Å²) in [6.45, 7) is 0.0194. The van der Waals surface area contributed by atoms with E-state index in [1.165, 1.54) is 36.2 Å². The van der Waals surface area contributed by atoms with Crippen LogP contribution in [0.4, 0.5) is 5.69 Å². The van der Waals surface area contributed by atoms with Crippen molar-refractivity contribution in [2.24, 2.45) is 17.8 Å². The van der Waals surface area contributed by atoms with Gasteiger partial charge < -0.3 is 5.32 Å². The van der Waals surface area contributed by atoms with Gasteiger partial charge in [0.15, 0.2) is 0 Å². The van der Waals surface area contributed by atoms with E-state index < -0.39 is 0 Å². The first-order valence-electron chi connectivity index (χ1n) is 10.9. The number of carbonyl (C=O) groups is 1. The van der Waals surface area contributed by atoms with Gasteiger partial charge in [0.1, 0.15) is 6.54 Å². The minimum Gasteiger partial charge on any atom is -0.325 e. The standard InChI is InChI=1S/C24H22ClN3O2S2/c25-16-5-7-17(8-6-16)27-18(29)12-28-23-22(32-24(28)30)20(15-2-1-9-26-11-15)19-13-3-4-14(10-13)21(19)31-23/h1-2,5-9,11,13-14,19-21H,3-4,10,12H2,(H,27,29)/t13?,14?,19?,20-,21?/m1/s1. The molecule has 32 heavy (non-hydrogen) atoms. The summed E-state index contributed by atoms with van der Waals surface area (Å²) < 4.78 is 1.68. The maximum atomic E-state index is 13.1. The number of anilines is 1. The normalized spacial score (nSPS) is 27.7. The molecule has 0 radical (unpaired) electrons. The Hall–Kier alpha value is -2.09. The average molecular weight is 484 g/mol. The molecule has 3 aliphatic rings. The number of hydrogen-bond acceptors (Lipinski definition) is 5. The third-order valence-corrected chi connectivity index (χ3v) is 10.2. The van der Waals surface area contributed by atoms with E-state index >= 15 is 0 Å². The predicted octanol–water partition coefficient (Wildman–Crippen LogP) is 5.25. The van der Waals surface area contributed by atoms with Crippen LogP contribution in [0, 0.1) is 17.8 Å². The minimum atomic E-state index is -0.205. The molecule has 2 bridgehead atoms. The Balaban J connectivity index is 1.35. The molecule has 2 saturated carbocycles. The van der Waals surface area contributed by atoms with Crippen LogP contribution in [-0.2, 0) is 11.3 Å². The highest BCUT2D eigenvalue weighted by atomic mass is 35.5. The number of nitrogens with zero attached hydrogens (tertiary/aromatic N) is 2. The van der Waals surface area contributed by atoms with Gasteiger partial charge in [-0.1, -0.05) is 29.0 Å². The molecule has 1 aromatic carbocycles.